The summed E-state index contributed by atoms with van der Waals surface area (Å²) < 4.78 is 16.9. The molecule has 0 saturated heterocycles. The quantitative estimate of drug-likeness (QED) is 0.364. The highest BCUT2D eigenvalue weighted by Gasteiger charge is 2.18. The number of aliphatic imine (C=N–C) groups is 1. The Morgan fingerprint density at radius 1 is 1.24 bits per heavy atom. The standard InChI is InChI=1S/C16H19BrN4O3.HI/c1-9-12(10(2)24-21-9)7-20-16(18-3)19-6-11-4-13(17)15-14(5-11)22-8-23-15;/h4-5H,6-8H2,1-3H3,(H2,18,19,20);1H. The zero-order valence-electron chi connectivity index (χ0n) is 14.2. The van der Waals surface area contributed by atoms with Gasteiger partial charge in [-0.1, -0.05) is 5.16 Å². The lowest BCUT2D eigenvalue weighted by molar-refractivity contribution is 0.173. The Morgan fingerprint density at radius 3 is 2.68 bits per heavy atom. The molecule has 9 heteroatoms. The number of benzene rings is 1. The van der Waals surface area contributed by atoms with Crippen molar-refractivity contribution < 1.29 is 14.0 Å². The van der Waals surface area contributed by atoms with E-state index >= 15 is 0 Å². The minimum atomic E-state index is 0. The summed E-state index contributed by atoms with van der Waals surface area (Å²) >= 11 is 3.50. The van der Waals surface area contributed by atoms with Crippen molar-refractivity contribution in [1.82, 2.24) is 15.8 Å². The molecule has 0 atom stereocenters. The molecule has 3 rings (SSSR count). The van der Waals surface area contributed by atoms with Crippen molar-refractivity contribution in [2.24, 2.45) is 4.99 Å². The molecule has 1 aliphatic heterocycles. The van der Waals surface area contributed by atoms with Gasteiger partial charge >= 0.3 is 0 Å². The van der Waals surface area contributed by atoms with Gasteiger partial charge in [0.15, 0.2) is 17.5 Å². The van der Waals surface area contributed by atoms with E-state index in [1.165, 1.54) is 0 Å². The SMILES string of the molecule is CN=C(NCc1cc(Br)c2c(c1)OCO2)NCc1c(C)noc1C.I. The van der Waals surface area contributed by atoms with E-state index in [9.17, 15) is 0 Å². The number of nitrogens with zero attached hydrogens (tertiary/aromatic N) is 2. The minimum absolute atomic E-state index is 0. The molecule has 0 fully saturated rings. The Morgan fingerprint density at radius 2 is 2.00 bits per heavy atom. The van der Waals surface area contributed by atoms with Gasteiger partial charge in [-0.15, -0.1) is 24.0 Å². The van der Waals surface area contributed by atoms with Gasteiger partial charge in [-0.25, -0.2) is 0 Å². The van der Waals surface area contributed by atoms with E-state index in [-0.39, 0.29) is 30.8 Å². The molecular formula is C16H20BrIN4O3. The number of hydrogen-bond acceptors (Lipinski definition) is 5. The zero-order chi connectivity index (χ0) is 17.1. The monoisotopic (exact) mass is 522 g/mol. The van der Waals surface area contributed by atoms with E-state index in [2.05, 4.69) is 36.7 Å². The van der Waals surface area contributed by atoms with E-state index in [0.29, 0.717) is 19.0 Å². The van der Waals surface area contributed by atoms with Gasteiger partial charge in [-0.2, -0.15) is 0 Å². The van der Waals surface area contributed by atoms with Crippen molar-refractivity contribution in [3.63, 3.8) is 0 Å². The summed E-state index contributed by atoms with van der Waals surface area (Å²) in [6.07, 6.45) is 0. The predicted octanol–water partition coefficient (Wildman–Crippen LogP) is 3.27. The van der Waals surface area contributed by atoms with Crippen LogP contribution in [-0.2, 0) is 13.1 Å². The molecule has 1 aromatic carbocycles. The van der Waals surface area contributed by atoms with Gasteiger partial charge in [0, 0.05) is 25.7 Å². The van der Waals surface area contributed by atoms with Crippen LogP contribution in [0, 0.1) is 13.8 Å². The second-order valence-corrected chi connectivity index (χ2v) is 6.25. The summed E-state index contributed by atoms with van der Waals surface area (Å²) in [5.41, 5.74) is 2.99. The average Bonchev–Trinajstić information content (AvgIpc) is 3.16. The second kappa shape index (κ2) is 8.75. The van der Waals surface area contributed by atoms with Gasteiger partial charge in [0.2, 0.25) is 6.79 Å². The van der Waals surface area contributed by atoms with Crippen LogP contribution < -0.4 is 20.1 Å². The predicted molar refractivity (Wildman–Crippen MR) is 109 cm³/mol. The van der Waals surface area contributed by atoms with Crippen LogP contribution in [0.1, 0.15) is 22.6 Å². The molecule has 25 heavy (non-hydrogen) atoms. The molecule has 2 heterocycles. The number of guanidine groups is 1. The molecule has 0 saturated carbocycles. The number of aryl methyl sites for hydroxylation is 2. The Hall–Kier alpha value is -1.49. The van der Waals surface area contributed by atoms with Crippen molar-refractivity contribution in [2.75, 3.05) is 13.8 Å². The van der Waals surface area contributed by atoms with Gasteiger partial charge in [0.05, 0.1) is 10.2 Å². The lowest BCUT2D eigenvalue weighted by atomic mass is 10.2. The first-order chi connectivity index (χ1) is 11.6. The highest BCUT2D eigenvalue weighted by molar-refractivity contribution is 14.0. The highest BCUT2D eigenvalue weighted by Crippen LogP contribution is 2.39. The van der Waals surface area contributed by atoms with E-state index in [0.717, 1.165) is 38.6 Å². The molecule has 1 aromatic heterocycles. The maximum absolute atomic E-state index is 5.43. The van der Waals surface area contributed by atoms with Gasteiger partial charge in [-0.05, 0) is 47.5 Å². The molecule has 1 aliphatic rings. The minimum Gasteiger partial charge on any atom is -0.454 e. The lowest BCUT2D eigenvalue weighted by Crippen LogP contribution is -2.36. The summed E-state index contributed by atoms with van der Waals surface area (Å²) in [4.78, 5) is 4.23. The van der Waals surface area contributed by atoms with Crippen LogP contribution in [0.5, 0.6) is 11.5 Å². The Bertz CT molecular complexity index is 759. The van der Waals surface area contributed by atoms with E-state index < -0.39 is 0 Å². The van der Waals surface area contributed by atoms with Crippen molar-refractivity contribution in [3.05, 3.63) is 39.2 Å². The molecule has 2 aromatic rings. The van der Waals surface area contributed by atoms with Gasteiger partial charge in [0.25, 0.3) is 0 Å². The second-order valence-electron chi connectivity index (χ2n) is 5.39. The van der Waals surface area contributed by atoms with Crippen LogP contribution in [-0.4, -0.2) is 25.0 Å². The van der Waals surface area contributed by atoms with E-state index in [1.807, 2.05) is 26.0 Å². The number of ether oxygens (including phenoxy) is 2. The smallest absolute Gasteiger partial charge is 0.231 e. The molecule has 0 spiro atoms. The zero-order valence-corrected chi connectivity index (χ0v) is 18.1. The van der Waals surface area contributed by atoms with Crippen molar-refractivity contribution >= 4 is 45.9 Å². The molecule has 0 bridgehead atoms. The Balaban J connectivity index is 0.00000225. The maximum Gasteiger partial charge on any atom is 0.231 e. The fourth-order valence-corrected chi connectivity index (χ4v) is 3.06. The number of rotatable bonds is 4. The summed E-state index contributed by atoms with van der Waals surface area (Å²) in [6.45, 7) is 5.29. The summed E-state index contributed by atoms with van der Waals surface area (Å²) in [5, 5.41) is 10.5. The maximum atomic E-state index is 5.43. The number of hydrogen-bond donors (Lipinski definition) is 2. The summed E-state index contributed by atoms with van der Waals surface area (Å²) in [6, 6.07) is 3.96. The molecule has 0 amide bonds. The van der Waals surface area contributed by atoms with Crippen LogP contribution >= 0.6 is 39.9 Å². The Kier molecular flexibility index (Phi) is 6.94. The number of fused-ring (bicyclic) bond motifs is 1. The largest absolute Gasteiger partial charge is 0.454 e. The Labute approximate surface area is 171 Å². The van der Waals surface area contributed by atoms with Gasteiger partial charge in [0.1, 0.15) is 5.76 Å². The first-order valence-electron chi connectivity index (χ1n) is 7.52. The number of nitrogens with one attached hydrogen (secondary N) is 2. The van der Waals surface area contributed by atoms with Gasteiger partial charge in [-0.3, -0.25) is 4.99 Å². The van der Waals surface area contributed by atoms with Crippen molar-refractivity contribution in [1.29, 1.82) is 0 Å². The van der Waals surface area contributed by atoms with E-state index in [4.69, 9.17) is 14.0 Å². The molecule has 2 N–H and O–H groups in total. The van der Waals surface area contributed by atoms with Crippen LogP contribution in [0.15, 0.2) is 26.1 Å². The molecule has 0 unspecified atom stereocenters. The fourth-order valence-electron chi connectivity index (χ4n) is 2.46. The topological polar surface area (TPSA) is 80.9 Å². The van der Waals surface area contributed by atoms with Gasteiger partial charge < -0.3 is 24.6 Å². The molecule has 0 radical (unpaired) electrons. The molecule has 136 valence electrons. The molecular weight excluding hydrogens is 503 g/mol. The summed E-state index contributed by atoms with van der Waals surface area (Å²) in [5.74, 6) is 3.01. The van der Waals surface area contributed by atoms with Crippen LogP contribution in [0.3, 0.4) is 0 Å². The van der Waals surface area contributed by atoms with Crippen molar-refractivity contribution in [3.8, 4) is 11.5 Å². The van der Waals surface area contributed by atoms with Crippen LogP contribution in [0.25, 0.3) is 0 Å². The average molecular weight is 523 g/mol. The highest BCUT2D eigenvalue weighted by atomic mass is 127. The lowest BCUT2D eigenvalue weighted by Gasteiger charge is -2.12. The first kappa shape index (κ1) is 19.8. The van der Waals surface area contributed by atoms with Crippen LogP contribution in [0.2, 0.25) is 0 Å². The summed E-state index contributed by atoms with van der Waals surface area (Å²) in [7, 11) is 1.73. The van der Waals surface area contributed by atoms with E-state index in [1.54, 1.807) is 7.05 Å². The normalized spacial score (nSPS) is 12.7. The van der Waals surface area contributed by atoms with Crippen molar-refractivity contribution in [2.45, 2.75) is 26.9 Å². The third-order valence-corrected chi connectivity index (χ3v) is 4.37. The molecule has 0 aliphatic carbocycles. The van der Waals surface area contributed by atoms with Crippen LogP contribution in [0.4, 0.5) is 0 Å². The fraction of sp³-hybridized carbons (Fsp3) is 0.375. The molecule has 7 nitrogen and oxygen atoms in total. The number of halogens is 2. The first-order valence-corrected chi connectivity index (χ1v) is 8.32. The third-order valence-electron chi connectivity index (χ3n) is 3.78. The third kappa shape index (κ3) is 4.57. The number of aromatic nitrogens is 1.